The molecule has 0 saturated heterocycles. The molecule has 1 N–H and O–H groups in total. The molecule has 0 saturated carbocycles. The molecule has 6 nitrogen and oxygen atoms in total. The average molecular weight is 311 g/mol. The molecule has 1 atom stereocenters. The summed E-state index contributed by atoms with van der Waals surface area (Å²) in [6, 6.07) is 0.980. The van der Waals surface area contributed by atoms with Gasteiger partial charge in [0, 0.05) is 24.0 Å². The van der Waals surface area contributed by atoms with Gasteiger partial charge >= 0.3 is 6.55 Å². The molecule has 2 aromatic heterocycles. The van der Waals surface area contributed by atoms with Crippen molar-refractivity contribution in [2.75, 3.05) is 0 Å². The van der Waals surface area contributed by atoms with E-state index in [1.54, 1.807) is 0 Å². The number of carbonyl (C=O) groups excluding carboxylic acids is 1. The predicted molar refractivity (Wildman–Crippen MR) is 76.7 cm³/mol. The summed E-state index contributed by atoms with van der Waals surface area (Å²) in [6.45, 7) is 5.62. The summed E-state index contributed by atoms with van der Waals surface area (Å²) >= 11 is 0. The number of alkyl halides is 2. The van der Waals surface area contributed by atoms with E-state index in [-0.39, 0.29) is 11.7 Å². The maximum Gasteiger partial charge on any atom is 0.333 e. The summed E-state index contributed by atoms with van der Waals surface area (Å²) in [5, 5.41) is 10.7. The molecule has 0 aliphatic heterocycles. The van der Waals surface area contributed by atoms with Crippen LogP contribution in [0.3, 0.4) is 0 Å². The first-order valence-corrected chi connectivity index (χ1v) is 7.03. The summed E-state index contributed by atoms with van der Waals surface area (Å²) in [5.74, 6) is -0.491. The second-order valence-corrected chi connectivity index (χ2v) is 5.05. The number of hydrogen-bond donors (Lipinski definition) is 1. The number of nitrogens with zero attached hydrogens (tertiary/aromatic N) is 4. The molecule has 0 bridgehead atoms. The van der Waals surface area contributed by atoms with Gasteiger partial charge in [-0.15, -0.1) is 0 Å². The monoisotopic (exact) mass is 311 g/mol. The maximum absolute atomic E-state index is 12.5. The van der Waals surface area contributed by atoms with Crippen LogP contribution >= 0.6 is 0 Å². The molecule has 1 amide bonds. The number of aryl methyl sites for hydroxylation is 2. The maximum atomic E-state index is 12.5. The average Bonchev–Trinajstić information content (AvgIpc) is 3.03. The van der Waals surface area contributed by atoms with E-state index in [4.69, 9.17) is 0 Å². The van der Waals surface area contributed by atoms with Crippen LogP contribution in [-0.4, -0.2) is 25.5 Å². The van der Waals surface area contributed by atoms with Gasteiger partial charge in [0.1, 0.15) is 5.69 Å². The third kappa shape index (κ3) is 3.00. The van der Waals surface area contributed by atoms with Crippen molar-refractivity contribution in [2.45, 2.75) is 46.8 Å². The lowest BCUT2D eigenvalue weighted by Gasteiger charge is -2.14. The summed E-state index contributed by atoms with van der Waals surface area (Å²) in [7, 11) is 0. The van der Waals surface area contributed by atoms with Gasteiger partial charge in [-0.25, -0.2) is 4.68 Å². The van der Waals surface area contributed by atoms with E-state index < -0.39 is 12.5 Å². The van der Waals surface area contributed by atoms with Crippen LogP contribution in [0.15, 0.2) is 12.3 Å². The molecular weight excluding hydrogens is 292 g/mol. The van der Waals surface area contributed by atoms with Crippen LogP contribution in [0.25, 0.3) is 0 Å². The molecule has 0 aliphatic rings. The first-order valence-electron chi connectivity index (χ1n) is 7.03. The number of nitrogens with one attached hydrogen (secondary N) is 1. The van der Waals surface area contributed by atoms with Gasteiger partial charge in [0.25, 0.3) is 5.91 Å². The van der Waals surface area contributed by atoms with E-state index in [0.717, 1.165) is 29.7 Å². The Morgan fingerprint density at radius 1 is 1.36 bits per heavy atom. The third-order valence-electron chi connectivity index (χ3n) is 3.56. The van der Waals surface area contributed by atoms with Crippen molar-refractivity contribution in [3.05, 3.63) is 34.9 Å². The Morgan fingerprint density at radius 3 is 2.55 bits per heavy atom. The van der Waals surface area contributed by atoms with Gasteiger partial charge in [-0.05, 0) is 33.8 Å². The Balaban J connectivity index is 2.16. The second-order valence-electron chi connectivity index (χ2n) is 5.05. The van der Waals surface area contributed by atoms with Crippen LogP contribution in [-0.2, 0) is 6.54 Å². The minimum Gasteiger partial charge on any atom is -0.344 e. The molecule has 22 heavy (non-hydrogen) atoms. The fourth-order valence-electron chi connectivity index (χ4n) is 2.56. The summed E-state index contributed by atoms with van der Waals surface area (Å²) in [4.78, 5) is 12.1. The lowest BCUT2D eigenvalue weighted by Crippen LogP contribution is -2.28. The molecule has 2 aromatic rings. The van der Waals surface area contributed by atoms with Crippen LogP contribution in [0.4, 0.5) is 8.78 Å². The highest BCUT2D eigenvalue weighted by molar-refractivity contribution is 5.92. The summed E-state index contributed by atoms with van der Waals surface area (Å²) in [6.07, 6.45) is 1.08. The Kier molecular flexibility index (Phi) is 4.58. The van der Waals surface area contributed by atoms with Crippen molar-refractivity contribution in [1.82, 2.24) is 24.9 Å². The molecule has 0 aromatic carbocycles. The Labute approximate surface area is 127 Å². The summed E-state index contributed by atoms with van der Waals surface area (Å²) in [5.41, 5.74) is 2.71. The zero-order valence-corrected chi connectivity index (χ0v) is 13.0. The fourth-order valence-corrected chi connectivity index (χ4v) is 2.56. The third-order valence-corrected chi connectivity index (χ3v) is 3.56. The van der Waals surface area contributed by atoms with Crippen LogP contribution in [0.1, 0.15) is 53.9 Å². The lowest BCUT2D eigenvalue weighted by molar-refractivity contribution is 0.0559. The standard InChI is InChI=1S/C14H19F2N5O/c1-5-20-10(4)12(9(3)18-20)8(2)17-13(22)11-6-7-21(19-11)14(15)16/h6-8,14H,5H2,1-4H3,(H,17,22)/t8-/m1/s1. The van der Waals surface area contributed by atoms with E-state index in [9.17, 15) is 13.6 Å². The van der Waals surface area contributed by atoms with Crippen LogP contribution in [0.2, 0.25) is 0 Å². The largest absolute Gasteiger partial charge is 0.344 e. The fraction of sp³-hybridized carbons (Fsp3) is 0.500. The molecular formula is C14H19F2N5O. The molecule has 0 radical (unpaired) electrons. The Bertz CT molecular complexity index is 677. The van der Waals surface area contributed by atoms with Gasteiger partial charge in [0.2, 0.25) is 0 Å². The molecule has 2 heterocycles. The molecule has 8 heteroatoms. The lowest BCUT2D eigenvalue weighted by atomic mass is 10.1. The van der Waals surface area contributed by atoms with E-state index in [0.29, 0.717) is 4.68 Å². The molecule has 120 valence electrons. The van der Waals surface area contributed by atoms with Gasteiger partial charge in [-0.3, -0.25) is 9.48 Å². The predicted octanol–water partition coefficient (Wildman–Crippen LogP) is 2.60. The first kappa shape index (κ1) is 16.1. The van der Waals surface area contributed by atoms with Crippen molar-refractivity contribution in [3.63, 3.8) is 0 Å². The van der Waals surface area contributed by atoms with Crippen LogP contribution in [0.5, 0.6) is 0 Å². The van der Waals surface area contributed by atoms with Crippen molar-refractivity contribution >= 4 is 5.91 Å². The zero-order valence-electron chi connectivity index (χ0n) is 13.0. The minimum absolute atomic E-state index is 0.0367. The smallest absolute Gasteiger partial charge is 0.333 e. The van der Waals surface area contributed by atoms with Crippen molar-refractivity contribution < 1.29 is 13.6 Å². The van der Waals surface area contributed by atoms with Crippen LogP contribution in [0, 0.1) is 13.8 Å². The zero-order chi connectivity index (χ0) is 16.4. The number of hydrogen-bond acceptors (Lipinski definition) is 3. The molecule has 0 aliphatic carbocycles. The number of rotatable bonds is 5. The van der Waals surface area contributed by atoms with E-state index in [2.05, 4.69) is 15.5 Å². The number of carbonyl (C=O) groups is 1. The van der Waals surface area contributed by atoms with E-state index in [1.807, 2.05) is 32.4 Å². The molecule has 0 fully saturated rings. The van der Waals surface area contributed by atoms with Crippen molar-refractivity contribution in [3.8, 4) is 0 Å². The van der Waals surface area contributed by atoms with Crippen LogP contribution < -0.4 is 5.32 Å². The Hall–Kier alpha value is -2.25. The molecule has 0 unspecified atom stereocenters. The summed E-state index contributed by atoms with van der Waals surface area (Å²) < 4.78 is 27.3. The highest BCUT2D eigenvalue weighted by atomic mass is 19.3. The van der Waals surface area contributed by atoms with E-state index >= 15 is 0 Å². The van der Waals surface area contributed by atoms with Gasteiger partial charge in [-0.2, -0.15) is 19.0 Å². The normalized spacial score (nSPS) is 12.7. The van der Waals surface area contributed by atoms with Crippen molar-refractivity contribution in [1.29, 1.82) is 0 Å². The number of aromatic nitrogens is 4. The van der Waals surface area contributed by atoms with Crippen molar-refractivity contribution in [2.24, 2.45) is 0 Å². The topological polar surface area (TPSA) is 64.7 Å². The van der Waals surface area contributed by atoms with Gasteiger partial charge in [0.05, 0.1) is 11.7 Å². The highest BCUT2D eigenvalue weighted by Crippen LogP contribution is 2.21. The SMILES string of the molecule is CCn1nc(C)c([C@@H](C)NC(=O)c2ccn(C(F)F)n2)c1C. The van der Waals surface area contributed by atoms with E-state index in [1.165, 1.54) is 6.07 Å². The Morgan fingerprint density at radius 2 is 2.05 bits per heavy atom. The molecule has 2 rings (SSSR count). The number of amides is 1. The van der Waals surface area contributed by atoms with Gasteiger partial charge < -0.3 is 5.32 Å². The van der Waals surface area contributed by atoms with Gasteiger partial charge in [-0.1, -0.05) is 0 Å². The number of halogens is 2. The second kappa shape index (κ2) is 6.25. The minimum atomic E-state index is -2.76. The highest BCUT2D eigenvalue weighted by Gasteiger charge is 2.21. The first-order chi connectivity index (χ1) is 10.3. The quantitative estimate of drug-likeness (QED) is 0.923. The molecule has 0 spiro atoms. The van der Waals surface area contributed by atoms with Gasteiger partial charge in [0.15, 0.2) is 0 Å².